The van der Waals surface area contributed by atoms with Gasteiger partial charge in [0.05, 0.1) is 18.7 Å². The van der Waals surface area contributed by atoms with Crippen LogP contribution in [-0.2, 0) is 4.74 Å². The van der Waals surface area contributed by atoms with Gasteiger partial charge in [0.2, 0.25) is 5.13 Å². The van der Waals surface area contributed by atoms with Crippen LogP contribution in [0.2, 0.25) is 0 Å². The molecule has 1 atom stereocenters. The number of hydrogen-bond donors (Lipinski definition) is 2. The molecule has 0 saturated heterocycles. The fourth-order valence-corrected chi connectivity index (χ4v) is 3.25. The van der Waals surface area contributed by atoms with Gasteiger partial charge in [-0.3, -0.25) is 0 Å². The molecule has 2 heterocycles. The first kappa shape index (κ1) is 19.1. The van der Waals surface area contributed by atoms with Gasteiger partial charge in [0.25, 0.3) is 5.72 Å². The van der Waals surface area contributed by atoms with Crippen LogP contribution >= 0.6 is 11.3 Å². The van der Waals surface area contributed by atoms with Crippen molar-refractivity contribution < 1.29 is 32.9 Å². The van der Waals surface area contributed by atoms with E-state index in [1.54, 1.807) is 6.92 Å². The lowest BCUT2D eigenvalue weighted by molar-refractivity contribution is -0.254. The lowest BCUT2D eigenvalue weighted by Gasteiger charge is -2.32. The zero-order valence-electron chi connectivity index (χ0n) is 13.9. The van der Waals surface area contributed by atoms with Gasteiger partial charge < -0.3 is 14.9 Å². The molecule has 0 unspecified atom stereocenters. The van der Waals surface area contributed by atoms with E-state index < -0.39 is 24.3 Å². The zero-order valence-corrected chi connectivity index (χ0v) is 14.7. The summed E-state index contributed by atoms with van der Waals surface area (Å²) in [5.41, 5.74) is -3.22. The van der Waals surface area contributed by atoms with Crippen LogP contribution in [0.25, 0.3) is 0 Å². The molecule has 0 radical (unpaired) electrons. The first-order chi connectivity index (χ1) is 12.7. The molecule has 1 aliphatic rings. The first-order valence-corrected chi connectivity index (χ1v) is 8.62. The molecule has 1 aromatic carbocycles. The number of alkyl halides is 3. The third-order valence-corrected chi connectivity index (χ3v) is 4.61. The maximum Gasteiger partial charge on any atom is 0.438 e. The van der Waals surface area contributed by atoms with Crippen molar-refractivity contribution in [2.45, 2.75) is 25.2 Å². The number of esters is 1. The van der Waals surface area contributed by atoms with Gasteiger partial charge in [-0.2, -0.15) is 23.3 Å². The molecule has 11 heteroatoms. The smallest absolute Gasteiger partial charge is 0.438 e. The molecular formula is C16H14F3N3O4S. The number of anilines is 1. The highest BCUT2D eigenvalue weighted by atomic mass is 32.1. The number of hydrogen-bond acceptors (Lipinski definition) is 8. The average molecular weight is 401 g/mol. The number of carbonyl (C=O) groups excluding carboxylic acids is 1. The lowest BCUT2D eigenvalue weighted by Crippen LogP contribution is -2.55. The number of aromatic nitrogens is 1. The van der Waals surface area contributed by atoms with Crippen molar-refractivity contribution >= 4 is 28.1 Å². The Morgan fingerprint density at radius 3 is 2.63 bits per heavy atom. The number of carbonyl (C=O) groups is 1. The number of hydrazone groups is 1. The number of rotatable bonds is 4. The predicted molar refractivity (Wildman–Crippen MR) is 90.8 cm³/mol. The van der Waals surface area contributed by atoms with Gasteiger partial charge in [0, 0.05) is 5.38 Å². The Labute approximate surface area is 155 Å². The third-order valence-electron chi connectivity index (χ3n) is 3.80. The van der Waals surface area contributed by atoms with E-state index in [1.807, 2.05) is 0 Å². The van der Waals surface area contributed by atoms with Crippen LogP contribution in [-0.4, -0.2) is 45.4 Å². The SMILES string of the molecule is CCOC(=O)c1csc(N2N=C(c3ccc(O)cc3)C[C@@]2(O)C(F)(F)F)n1. The second kappa shape index (κ2) is 6.82. The largest absolute Gasteiger partial charge is 0.508 e. The number of benzene rings is 1. The van der Waals surface area contributed by atoms with Gasteiger partial charge >= 0.3 is 12.1 Å². The molecule has 0 fully saturated rings. The maximum atomic E-state index is 13.6. The van der Waals surface area contributed by atoms with Crippen LogP contribution in [0.1, 0.15) is 29.4 Å². The molecule has 7 nitrogen and oxygen atoms in total. The minimum atomic E-state index is -5.04. The molecule has 0 amide bonds. The van der Waals surface area contributed by atoms with Crippen LogP contribution < -0.4 is 5.01 Å². The molecule has 0 saturated carbocycles. The zero-order chi connectivity index (χ0) is 19.8. The quantitative estimate of drug-likeness (QED) is 0.765. The summed E-state index contributed by atoms with van der Waals surface area (Å²) < 4.78 is 45.6. The van der Waals surface area contributed by atoms with E-state index >= 15 is 0 Å². The summed E-state index contributed by atoms with van der Waals surface area (Å²) >= 11 is 0.726. The molecule has 2 N–H and O–H groups in total. The highest BCUT2D eigenvalue weighted by Gasteiger charge is 2.62. The van der Waals surface area contributed by atoms with E-state index in [-0.39, 0.29) is 28.9 Å². The molecular weight excluding hydrogens is 387 g/mol. The Bertz CT molecular complexity index is 882. The van der Waals surface area contributed by atoms with Gasteiger partial charge in [-0.1, -0.05) is 0 Å². The van der Waals surface area contributed by atoms with Crippen molar-refractivity contribution in [1.82, 2.24) is 4.98 Å². The molecule has 1 aromatic heterocycles. The van der Waals surface area contributed by atoms with Crippen molar-refractivity contribution in [3.8, 4) is 5.75 Å². The second-order valence-corrected chi connectivity index (χ2v) is 6.47. The van der Waals surface area contributed by atoms with Gasteiger partial charge in [-0.25, -0.2) is 9.78 Å². The number of halogens is 3. The summed E-state index contributed by atoms with van der Waals surface area (Å²) in [5.74, 6) is -0.836. The number of aromatic hydroxyl groups is 1. The van der Waals surface area contributed by atoms with Gasteiger partial charge in [-0.05, 0) is 36.8 Å². The van der Waals surface area contributed by atoms with E-state index in [0.717, 1.165) is 11.3 Å². The Kier molecular flexibility index (Phi) is 4.82. The average Bonchev–Trinajstić information content (AvgIpc) is 3.20. The summed E-state index contributed by atoms with van der Waals surface area (Å²) in [6.45, 7) is 1.67. The Balaban J connectivity index is 2.01. The number of phenolic OH excluding ortho intramolecular Hbond substituents is 1. The lowest BCUT2D eigenvalue weighted by atomic mass is 10.0. The molecule has 1 aliphatic heterocycles. The van der Waals surface area contributed by atoms with Crippen LogP contribution in [0.5, 0.6) is 5.75 Å². The third kappa shape index (κ3) is 3.47. The van der Waals surface area contributed by atoms with Crippen LogP contribution in [0.4, 0.5) is 18.3 Å². The van der Waals surface area contributed by atoms with E-state index in [9.17, 15) is 28.2 Å². The minimum absolute atomic E-state index is 0.0392. The molecule has 0 bridgehead atoms. The van der Waals surface area contributed by atoms with Crippen LogP contribution in [0.3, 0.4) is 0 Å². The van der Waals surface area contributed by atoms with Gasteiger partial charge in [0.1, 0.15) is 5.75 Å². The summed E-state index contributed by atoms with van der Waals surface area (Å²) in [4.78, 5) is 15.5. The van der Waals surface area contributed by atoms with Crippen LogP contribution in [0.15, 0.2) is 34.7 Å². The normalized spacial score (nSPS) is 19.9. The van der Waals surface area contributed by atoms with E-state index in [0.29, 0.717) is 10.6 Å². The van der Waals surface area contributed by atoms with E-state index in [4.69, 9.17) is 4.74 Å². The fourth-order valence-electron chi connectivity index (χ4n) is 2.44. The fraction of sp³-hybridized carbons (Fsp3) is 0.312. The van der Waals surface area contributed by atoms with Crippen molar-refractivity contribution in [2.75, 3.05) is 11.6 Å². The number of nitrogens with zero attached hydrogens (tertiary/aromatic N) is 3. The van der Waals surface area contributed by atoms with Crippen molar-refractivity contribution in [2.24, 2.45) is 5.10 Å². The highest BCUT2D eigenvalue weighted by molar-refractivity contribution is 7.14. The Morgan fingerprint density at radius 2 is 2.04 bits per heavy atom. The highest BCUT2D eigenvalue weighted by Crippen LogP contribution is 2.44. The summed E-state index contributed by atoms with van der Waals surface area (Å²) in [6, 6.07) is 5.38. The molecule has 2 aromatic rings. The van der Waals surface area contributed by atoms with Crippen molar-refractivity contribution in [3.63, 3.8) is 0 Å². The predicted octanol–water partition coefficient (Wildman–Crippen LogP) is 2.89. The first-order valence-electron chi connectivity index (χ1n) is 7.74. The Morgan fingerprint density at radius 1 is 1.37 bits per heavy atom. The molecule has 27 heavy (non-hydrogen) atoms. The second-order valence-electron chi connectivity index (χ2n) is 5.63. The topological polar surface area (TPSA) is 95.2 Å². The molecule has 144 valence electrons. The van der Waals surface area contributed by atoms with Crippen LogP contribution in [0, 0.1) is 0 Å². The number of ether oxygens (including phenoxy) is 1. The molecule has 3 rings (SSSR count). The number of phenols is 1. The van der Waals surface area contributed by atoms with E-state index in [2.05, 4.69) is 10.1 Å². The summed E-state index contributed by atoms with van der Waals surface area (Å²) in [6.07, 6.45) is -5.87. The number of aliphatic hydroxyl groups is 1. The van der Waals surface area contributed by atoms with Gasteiger partial charge in [0.15, 0.2) is 5.69 Å². The molecule has 0 aliphatic carbocycles. The maximum absolute atomic E-state index is 13.6. The monoisotopic (exact) mass is 401 g/mol. The van der Waals surface area contributed by atoms with Gasteiger partial charge in [-0.15, -0.1) is 11.3 Å². The van der Waals surface area contributed by atoms with Crippen molar-refractivity contribution in [3.05, 3.63) is 40.9 Å². The van der Waals surface area contributed by atoms with E-state index in [1.165, 1.54) is 29.6 Å². The standard InChI is InChI=1S/C16H14F3N3O4S/c1-2-26-13(24)12-8-27-14(20-12)22-15(25,16(17,18)19)7-11(21-22)9-3-5-10(23)6-4-9/h3-6,8,23,25H,2,7H2,1H3/t15-/m1/s1. The number of thiazole rings is 1. The molecule has 0 spiro atoms. The minimum Gasteiger partial charge on any atom is -0.508 e. The van der Waals surface area contributed by atoms with Crippen molar-refractivity contribution in [1.29, 1.82) is 0 Å². The summed E-state index contributed by atoms with van der Waals surface area (Å²) in [7, 11) is 0. The Hall–Kier alpha value is -2.66. The summed E-state index contributed by atoms with van der Waals surface area (Å²) in [5, 5.41) is 24.9.